The maximum absolute atomic E-state index is 12.2. The van der Waals surface area contributed by atoms with Crippen LogP contribution in [0.3, 0.4) is 0 Å². The van der Waals surface area contributed by atoms with Gasteiger partial charge in [0.1, 0.15) is 6.61 Å². The van der Waals surface area contributed by atoms with Crippen LogP contribution in [0.5, 0.6) is 0 Å². The van der Waals surface area contributed by atoms with Gasteiger partial charge in [-0.15, -0.1) is 0 Å². The van der Waals surface area contributed by atoms with Gasteiger partial charge in [0.05, 0.1) is 6.61 Å². The zero-order chi connectivity index (χ0) is 37.8. The van der Waals surface area contributed by atoms with Gasteiger partial charge in [-0.1, -0.05) is 182 Å². The zero-order valence-electron chi connectivity index (χ0n) is 33.5. The van der Waals surface area contributed by atoms with Gasteiger partial charge in [0.2, 0.25) is 0 Å². The number of allylic oxidation sites excluding steroid dienone is 14. The first-order chi connectivity index (χ1) is 25.6. The van der Waals surface area contributed by atoms with Gasteiger partial charge >= 0.3 is 11.9 Å². The van der Waals surface area contributed by atoms with E-state index < -0.39 is 6.10 Å². The fourth-order valence-electron chi connectivity index (χ4n) is 5.53. The minimum Gasteiger partial charge on any atom is -0.462 e. The molecular weight excluding hydrogens is 645 g/mol. The number of hydrogen-bond acceptors (Lipinski definition) is 5. The van der Waals surface area contributed by atoms with Crippen LogP contribution in [-0.4, -0.2) is 36.4 Å². The van der Waals surface area contributed by atoms with Crippen LogP contribution < -0.4 is 0 Å². The average molecular weight is 723 g/mol. The van der Waals surface area contributed by atoms with Crippen molar-refractivity contribution in [3.8, 4) is 0 Å². The lowest BCUT2D eigenvalue weighted by atomic mass is 10.0. The quantitative estimate of drug-likeness (QED) is 0.0393. The van der Waals surface area contributed by atoms with Crippen molar-refractivity contribution < 1.29 is 24.2 Å². The van der Waals surface area contributed by atoms with E-state index in [2.05, 4.69) is 98.9 Å². The van der Waals surface area contributed by atoms with Gasteiger partial charge < -0.3 is 14.6 Å². The van der Waals surface area contributed by atoms with Crippen molar-refractivity contribution in [1.82, 2.24) is 0 Å². The van der Waals surface area contributed by atoms with E-state index in [1.54, 1.807) is 0 Å². The minimum atomic E-state index is -0.792. The van der Waals surface area contributed by atoms with Gasteiger partial charge in [0.15, 0.2) is 6.10 Å². The molecule has 0 spiro atoms. The van der Waals surface area contributed by atoms with Crippen molar-refractivity contribution in [3.63, 3.8) is 0 Å². The van der Waals surface area contributed by atoms with Crippen LogP contribution in [0, 0.1) is 0 Å². The molecule has 1 N–H and O–H groups in total. The van der Waals surface area contributed by atoms with E-state index in [1.807, 2.05) is 0 Å². The second kappa shape index (κ2) is 42.5. The maximum Gasteiger partial charge on any atom is 0.306 e. The second-order valence-electron chi connectivity index (χ2n) is 13.7. The van der Waals surface area contributed by atoms with Gasteiger partial charge in [-0.3, -0.25) is 9.59 Å². The van der Waals surface area contributed by atoms with Crippen LogP contribution in [0.15, 0.2) is 85.1 Å². The molecule has 0 saturated heterocycles. The Morgan fingerprint density at radius 3 is 1.25 bits per heavy atom. The van der Waals surface area contributed by atoms with Crippen LogP contribution in [0.25, 0.3) is 0 Å². The number of ether oxygens (including phenoxy) is 2. The van der Waals surface area contributed by atoms with Crippen LogP contribution in [0.4, 0.5) is 0 Å². The summed E-state index contributed by atoms with van der Waals surface area (Å²) in [5, 5.41) is 9.56. The summed E-state index contributed by atoms with van der Waals surface area (Å²) in [5.74, 6) is -0.633. The second-order valence-corrected chi connectivity index (χ2v) is 13.7. The Hall–Kier alpha value is -2.92. The number of carbonyl (C=O) groups excluding carboxylic acids is 2. The third kappa shape index (κ3) is 39.9. The van der Waals surface area contributed by atoms with Crippen molar-refractivity contribution in [2.45, 2.75) is 187 Å². The standard InChI is InChI=1S/C47H78O5/c1-3-5-7-9-11-13-15-17-18-19-20-21-22-23-24-25-26-27-28-30-32-34-36-38-40-42-47(50)52-45(43-48)44-51-46(49)41-39-37-35-33-31-29-16-14-12-10-8-6-4-2/h5,7,11,13,17-18,20-21,23-24,26-27,30,32,45,48H,3-4,6,8-10,12,14-16,19,22,25,28-29,31,33-44H2,1-2H3/b7-5-,13-11-,18-17-,21-20-,24-23-,27-26-,32-30-. The molecule has 0 amide bonds. The minimum absolute atomic E-state index is 0.0823. The molecule has 0 heterocycles. The Morgan fingerprint density at radius 1 is 0.462 bits per heavy atom. The highest BCUT2D eigenvalue weighted by Gasteiger charge is 2.16. The molecule has 0 aliphatic heterocycles. The van der Waals surface area contributed by atoms with Crippen molar-refractivity contribution in [2.75, 3.05) is 13.2 Å². The summed E-state index contributed by atoms with van der Waals surface area (Å²) in [6, 6.07) is 0. The number of esters is 2. The first kappa shape index (κ1) is 49.1. The Morgan fingerprint density at radius 2 is 0.827 bits per heavy atom. The Balaban J connectivity index is 3.67. The van der Waals surface area contributed by atoms with Crippen LogP contribution >= 0.6 is 0 Å². The van der Waals surface area contributed by atoms with E-state index in [0.717, 1.165) is 89.9 Å². The number of hydrogen-bond donors (Lipinski definition) is 1. The number of rotatable bonds is 37. The molecule has 0 aromatic carbocycles. The third-order valence-electron chi connectivity index (χ3n) is 8.70. The molecule has 0 fully saturated rings. The first-order valence-electron chi connectivity index (χ1n) is 21.1. The van der Waals surface area contributed by atoms with E-state index in [1.165, 1.54) is 64.2 Å². The Kier molecular flexibility index (Phi) is 40.1. The van der Waals surface area contributed by atoms with E-state index in [-0.39, 0.29) is 25.2 Å². The summed E-state index contributed by atoms with van der Waals surface area (Å²) in [7, 11) is 0. The summed E-state index contributed by atoms with van der Waals surface area (Å²) in [6.45, 7) is 3.98. The van der Waals surface area contributed by atoms with Gasteiger partial charge in [-0.2, -0.15) is 0 Å². The Labute approximate surface area is 320 Å². The van der Waals surface area contributed by atoms with Crippen LogP contribution in [0.2, 0.25) is 0 Å². The number of unbranched alkanes of at least 4 members (excludes halogenated alkanes) is 15. The highest BCUT2D eigenvalue weighted by molar-refractivity contribution is 5.70. The monoisotopic (exact) mass is 723 g/mol. The molecule has 0 aromatic heterocycles. The summed E-state index contributed by atoms with van der Waals surface area (Å²) in [6.07, 6.45) is 57.9. The molecule has 0 aromatic rings. The number of aliphatic hydroxyl groups is 1. The fraction of sp³-hybridized carbons (Fsp3) is 0.660. The normalized spacial score (nSPS) is 13.1. The van der Waals surface area contributed by atoms with Crippen molar-refractivity contribution in [2.24, 2.45) is 0 Å². The molecule has 0 rings (SSSR count). The number of aliphatic hydroxyl groups excluding tert-OH is 1. The molecule has 1 unspecified atom stereocenters. The van der Waals surface area contributed by atoms with Gasteiger partial charge in [0, 0.05) is 12.8 Å². The predicted octanol–water partition coefficient (Wildman–Crippen LogP) is 13.5. The molecule has 5 heteroatoms. The molecule has 0 saturated carbocycles. The van der Waals surface area contributed by atoms with Gasteiger partial charge in [-0.25, -0.2) is 0 Å². The van der Waals surface area contributed by atoms with E-state index in [0.29, 0.717) is 12.8 Å². The average Bonchev–Trinajstić information content (AvgIpc) is 3.15. The third-order valence-corrected chi connectivity index (χ3v) is 8.70. The van der Waals surface area contributed by atoms with Gasteiger partial charge in [0.25, 0.3) is 0 Å². The summed E-state index contributed by atoms with van der Waals surface area (Å²) in [4.78, 5) is 24.3. The molecular formula is C47H78O5. The molecule has 0 aliphatic rings. The zero-order valence-corrected chi connectivity index (χ0v) is 33.5. The molecule has 0 radical (unpaired) electrons. The van der Waals surface area contributed by atoms with Crippen molar-refractivity contribution >= 4 is 11.9 Å². The largest absolute Gasteiger partial charge is 0.462 e. The van der Waals surface area contributed by atoms with Crippen molar-refractivity contribution in [3.05, 3.63) is 85.1 Å². The van der Waals surface area contributed by atoms with Crippen molar-refractivity contribution in [1.29, 1.82) is 0 Å². The highest BCUT2D eigenvalue weighted by Crippen LogP contribution is 2.13. The number of carbonyl (C=O) groups is 2. The maximum atomic E-state index is 12.2. The lowest BCUT2D eigenvalue weighted by molar-refractivity contribution is -0.161. The summed E-state index contributed by atoms with van der Waals surface area (Å²) < 4.78 is 10.6. The van der Waals surface area contributed by atoms with E-state index in [4.69, 9.17) is 9.47 Å². The fourth-order valence-corrected chi connectivity index (χ4v) is 5.53. The summed E-state index contributed by atoms with van der Waals surface area (Å²) >= 11 is 0. The molecule has 1 atom stereocenters. The van der Waals surface area contributed by atoms with Gasteiger partial charge in [-0.05, 0) is 70.6 Å². The lowest BCUT2D eigenvalue weighted by Crippen LogP contribution is -2.28. The molecule has 0 bridgehead atoms. The molecule has 296 valence electrons. The van der Waals surface area contributed by atoms with Crippen LogP contribution in [0.1, 0.15) is 181 Å². The van der Waals surface area contributed by atoms with Crippen LogP contribution in [-0.2, 0) is 19.1 Å². The molecule has 52 heavy (non-hydrogen) atoms. The molecule has 0 aliphatic carbocycles. The topological polar surface area (TPSA) is 72.8 Å². The first-order valence-corrected chi connectivity index (χ1v) is 21.1. The predicted molar refractivity (Wildman–Crippen MR) is 223 cm³/mol. The SMILES string of the molecule is CC/C=C\C/C=C\C/C=C\C/C=C\C/C=C\C/C=C\C/C=C\CCCCCC(=O)OC(CO)COC(=O)CCCCCCCCCCCCCCC. The molecule has 5 nitrogen and oxygen atoms in total. The smallest absolute Gasteiger partial charge is 0.306 e. The summed E-state index contributed by atoms with van der Waals surface area (Å²) in [5.41, 5.74) is 0. The van der Waals surface area contributed by atoms with E-state index in [9.17, 15) is 14.7 Å². The highest BCUT2D eigenvalue weighted by atomic mass is 16.6. The van der Waals surface area contributed by atoms with E-state index >= 15 is 0 Å². The lowest BCUT2D eigenvalue weighted by Gasteiger charge is -2.15. The Bertz CT molecular complexity index is 999.